The Hall–Kier alpha value is -3.17. The second-order valence-electron chi connectivity index (χ2n) is 7.60. The molecular formula is C24H24N2O5S2. The van der Waals surface area contributed by atoms with E-state index in [4.69, 9.17) is 9.15 Å². The van der Waals surface area contributed by atoms with E-state index in [9.17, 15) is 13.2 Å². The van der Waals surface area contributed by atoms with Gasteiger partial charge in [0.15, 0.2) is 15.0 Å². The summed E-state index contributed by atoms with van der Waals surface area (Å²) in [7, 11) is -3.35. The van der Waals surface area contributed by atoms with Crippen molar-refractivity contribution in [1.82, 2.24) is 4.98 Å². The molecule has 4 aromatic rings. The Morgan fingerprint density at radius 2 is 1.94 bits per heavy atom. The van der Waals surface area contributed by atoms with Gasteiger partial charge < -0.3 is 9.15 Å². The van der Waals surface area contributed by atoms with Crippen LogP contribution in [0.2, 0.25) is 0 Å². The highest BCUT2D eigenvalue weighted by Gasteiger charge is 2.23. The van der Waals surface area contributed by atoms with Crippen molar-refractivity contribution in [3.8, 4) is 5.75 Å². The molecule has 2 heterocycles. The van der Waals surface area contributed by atoms with Gasteiger partial charge in [-0.2, -0.15) is 0 Å². The average molecular weight is 485 g/mol. The summed E-state index contributed by atoms with van der Waals surface area (Å²) in [6.45, 7) is 2.93. The van der Waals surface area contributed by atoms with Gasteiger partial charge in [-0.1, -0.05) is 24.7 Å². The van der Waals surface area contributed by atoms with Gasteiger partial charge in [-0.3, -0.25) is 9.69 Å². The first-order valence-corrected chi connectivity index (χ1v) is 13.2. The first-order chi connectivity index (χ1) is 15.8. The maximum atomic E-state index is 13.5. The lowest BCUT2D eigenvalue weighted by Crippen LogP contribution is -2.30. The summed E-state index contributed by atoms with van der Waals surface area (Å²) >= 11 is 1.26. The van der Waals surface area contributed by atoms with E-state index in [1.54, 1.807) is 54.8 Å². The molecule has 1 amide bonds. The van der Waals surface area contributed by atoms with Crippen LogP contribution in [0.15, 0.2) is 70.2 Å². The van der Waals surface area contributed by atoms with Crippen molar-refractivity contribution in [2.75, 3.05) is 17.8 Å². The minimum Gasteiger partial charge on any atom is -0.494 e. The highest BCUT2D eigenvalue weighted by Crippen LogP contribution is 2.32. The Kier molecular flexibility index (Phi) is 6.80. The number of sulfone groups is 1. The zero-order valence-corrected chi connectivity index (χ0v) is 20.0. The molecule has 0 aliphatic carbocycles. The maximum Gasteiger partial charge on any atom is 0.260 e. The number of carbonyl (C=O) groups is 1. The molecule has 0 saturated carbocycles. The molecule has 172 valence electrons. The molecule has 0 spiro atoms. The van der Waals surface area contributed by atoms with Crippen molar-refractivity contribution in [1.29, 1.82) is 0 Å². The third-order valence-corrected chi connectivity index (χ3v) is 7.17. The Bertz CT molecular complexity index is 1340. The molecule has 0 unspecified atom stereocenters. The number of thiazole rings is 1. The van der Waals surface area contributed by atoms with E-state index in [2.05, 4.69) is 11.9 Å². The third kappa shape index (κ3) is 5.43. The lowest BCUT2D eigenvalue weighted by molar-refractivity contribution is 0.0983. The number of rotatable bonds is 9. The van der Waals surface area contributed by atoms with E-state index in [-0.39, 0.29) is 17.3 Å². The number of aromatic nitrogens is 1. The molecule has 0 aliphatic heterocycles. The molecule has 33 heavy (non-hydrogen) atoms. The number of amides is 1. The quantitative estimate of drug-likeness (QED) is 0.299. The monoisotopic (exact) mass is 484 g/mol. The fraction of sp³-hybridized carbons (Fsp3) is 0.250. The molecule has 9 heteroatoms. The van der Waals surface area contributed by atoms with Gasteiger partial charge in [0, 0.05) is 11.8 Å². The van der Waals surface area contributed by atoms with Gasteiger partial charge in [0.2, 0.25) is 0 Å². The smallest absolute Gasteiger partial charge is 0.260 e. The van der Waals surface area contributed by atoms with E-state index >= 15 is 0 Å². The molecule has 0 bridgehead atoms. The zero-order chi connectivity index (χ0) is 23.4. The number of furan rings is 1. The van der Waals surface area contributed by atoms with E-state index in [1.165, 1.54) is 28.6 Å². The molecule has 0 atom stereocenters. The van der Waals surface area contributed by atoms with Crippen molar-refractivity contribution >= 4 is 42.4 Å². The van der Waals surface area contributed by atoms with Gasteiger partial charge in [0.25, 0.3) is 5.91 Å². The summed E-state index contributed by atoms with van der Waals surface area (Å²) in [5, 5.41) is 0.459. The minimum atomic E-state index is -3.35. The van der Waals surface area contributed by atoms with Crippen molar-refractivity contribution < 1.29 is 22.4 Å². The normalized spacial score (nSPS) is 11.6. The number of hydrogen-bond acceptors (Lipinski definition) is 7. The number of hydrogen-bond donors (Lipinski definition) is 0. The van der Waals surface area contributed by atoms with Crippen LogP contribution in [0.4, 0.5) is 5.13 Å². The van der Waals surface area contributed by atoms with Crippen LogP contribution < -0.4 is 9.64 Å². The standard InChI is InChI=1S/C24H24N2O5S2/c1-3-4-13-30-18-9-7-17(8-10-18)23(27)26(16-19-6-5-14-31-19)24-25-21-12-11-20(33(2,28)29)15-22(21)32-24/h5-12,14-15H,3-4,13,16H2,1-2H3. The summed E-state index contributed by atoms with van der Waals surface area (Å²) in [4.78, 5) is 19.8. The molecule has 0 fully saturated rings. The molecule has 2 aromatic carbocycles. The Labute approximate surface area is 196 Å². The van der Waals surface area contributed by atoms with Gasteiger partial charge >= 0.3 is 0 Å². The summed E-state index contributed by atoms with van der Waals surface area (Å²) in [5.41, 5.74) is 1.11. The number of nitrogens with zero attached hydrogens (tertiary/aromatic N) is 2. The molecular weight excluding hydrogens is 460 g/mol. The average Bonchev–Trinajstić information content (AvgIpc) is 3.46. The second kappa shape index (κ2) is 9.76. The third-order valence-electron chi connectivity index (χ3n) is 5.01. The fourth-order valence-corrected chi connectivity index (χ4v) is 4.93. The summed E-state index contributed by atoms with van der Waals surface area (Å²) in [6.07, 6.45) is 4.73. The fourth-order valence-electron chi connectivity index (χ4n) is 3.21. The van der Waals surface area contributed by atoms with Gasteiger partial charge in [0.05, 0.1) is 34.5 Å². The number of carbonyl (C=O) groups excluding carboxylic acids is 1. The molecule has 0 radical (unpaired) electrons. The molecule has 2 aromatic heterocycles. The predicted molar refractivity (Wildman–Crippen MR) is 129 cm³/mol. The lowest BCUT2D eigenvalue weighted by atomic mass is 10.2. The lowest BCUT2D eigenvalue weighted by Gasteiger charge is -2.19. The SMILES string of the molecule is CCCCOc1ccc(C(=O)N(Cc2ccco2)c2nc3ccc(S(C)(=O)=O)cc3s2)cc1. The summed E-state index contributed by atoms with van der Waals surface area (Å²) in [6, 6.07) is 15.3. The number of ether oxygens (including phenoxy) is 1. The summed E-state index contributed by atoms with van der Waals surface area (Å²) in [5.74, 6) is 1.08. The Morgan fingerprint density at radius 1 is 1.15 bits per heavy atom. The van der Waals surface area contributed by atoms with Crippen LogP contribution in [-0.2, 0) is 16.4 Å². The highest BCUT2D eigenvalue weighted by molar-refractivity contribution is 7.90. The number of unbranched alkanes of at least 4 members (excludes halogenated alkanes) is 1. The predicted octanol–water partition coefficient (Wildman–Crippen LogP) is 5.32. The second-order valence-corrected chi connectivity index (χ2v) is 10.6. The van der Waals surface area contributed by atoms with Crippen molar-refractivity contribution in [3.05, 3.63) is 72.2 Å². The number of benzene rings is 2. The van der Waals surface area contributed by atoms with Gasteiger partial charge in [0.1, 0.15) is 11.5 Å². The van der Waals surface area contributed by atoms with Gasteiger partial charge in [-0.15, -0.1) is 0 Å². The minimum absolute atomic E-state index is 0.194. The summed E-state index contributed by atoms with van der Waals surface area (Å²) < 4.78 is 35.7. The molecule has 0 aliphatic rings. The number of anilines is 1. The van der Waals surface area contributed by atoms with Crippen LogP contribution in [0.3, 0.4) is 0 Å². The molecule has 0 N–H and O–H groups in total. The number of fused-ring (bicyclic) bond motifs is 1. The first kappa shape index (κ1) is 23.0. The van der Waals surface area contributed by atoms with E-state index < -0.39 is 9.84 Å². The van der Waals surface area contributed by atoms with E-state index in [0.29, 0.717) is 39.0 Å². The Balaban J connectivity index is 1.66. The van der Waals surface area contributed by atoms with Gasteiger partial charge in [-0.05, 0) is 61.0 Å². The van der Waals surface area contributed by atoms with Crippen molar-refractivity contribution in [2.24, 2.45) is 0 Å². The van der Waals surface area contributed by atoms with Crippen LogP contribution >= 0.6 is 11.3 Å². The topological polar surface area (TPSA) is 89.7 Å². The molecule has 4 rings (SSSR count). The van der Waals surface area contributed by atoms with Crippen molar-refractivity contribution in [2.45, 2.75) is 31.2 Å². The van der Waals surface area contributed by atoms with Crippen LogP contribution in [-0.4, -0.2) is 32.2 Å². The van der Waals surface area contributed by atoms with Crippen LogP contribution in [0.25, 0.3) is 10.2 Å². The zero-order valence-electron chi connectivity index (χ0n) is 18.4. The van der Waals surface area contributed by atoms with Gasteiger partial charge in [-0.25, -0.2) is 13.4 Å². The molecule has 7 nitrogen and oxygen atoms in total. The largest absolute Gasteiger partial charge is 0.494 e. The molecule has 0 saturated heterocycles. The van der Waals surface area contributed by atoms with E-state index in [0.717, 1.165) is 12.8 Å². The van der Waals surface area contributed by atoms with Crippen LogP contribution in [0, 0.1) is 0 Å². The van der Waals surface area contributed by atoms with Crippen LogP contribution in [0.5, 0.6) is 5.75 Å². The Morgan fingerprint density at radius 3 is 2.61 bits per heavy atom. The van der Waals surface area contributed by atoms with Crippen LogP contribution in [0.1, 0.15) is 35.9 Å². The first-order valence-electron chi connectivity index (χ1n) is 10.5. The maximum absolute atomic E-state index is 13.5. The highest BCUT2D eigenvalue weighted by atomic mass is 32.2. The van der Waals surface area contributed by atoms with E-state index in [1.807, 2.05) is 0 Å². The van der Waals surface area contributed by atoms with Crippen molar-refractivity contribution in [3.63, 3.8) is 0 Å².